The van der Waals surface area contributed by atoms with Gasteiger partial charge in [0.1, 0.15) is 23.0 Å². The molecule has 282 valence electrons. The van der Waals surface area contributed by atoms with E-state index in [-0.39, 0.29) is 10.8 Å². The number of carbonyl (C=O) groups excluding carboxylic acids is 2. The molecule has 0 bridgehead atoms. The molecular formula is C42H54O10. The third kappa shape index (κ3) is 12.0. The zero-order chi connectivity index (χ0) is 36.5. The number of carbonyl (C=O) groups is 2. The molecule has 2 aliphatic rings. The van der Waals surface area contributed by atoms with Crippen LogP contribution in [-0.4, -0.2) is 78.0 Å². The highest BCUT2D eigenvalue weighted by Gasteiger charge is 2.37. The van der Waals surface area contributed by atoms with Gasteiger partial charge in [0.15, 0.2) is 0 Å². The molecule has 5 rings (SSSR count). The highest BCUT2D eigenvalue weighted by atomic mass is 16.5. The Morgan fingerprint density at radius 3 is 1.17 bits per heavy atom. The Bertz CT molecular complexity index is 1370. The molecule has 0 unspecified atom stereocenters. The fourth-order valence-electron chi connectivity index (χ4n) is 5.77. The van der Waals surface area contributed by atoms with Gasteiger partial charge in [0.05, 0.1) is 64.0 Å². The largest absolute Gasteiger partial charge is 0.494 e. The van der Waals surface area contributed by atoms with E-state index in [4.69, 9.17) is 37.9 Å². The maximum absolute atomic E-state index is 12.7. The first-order chi connectivity index (χ1) is 25.4. The highest BCUT2D eigenvalue weighted by Crippen LogP contribution is 2.32. The minimum atomic E-state index is -0.494. The predicted molar refractivity (Wildman–Crippen MR) is 197 cm³/mol. The molecule has 10 nitrogen and oxygen atoms in total. The molecule has 2 aliphatic heterocycles. The molecule has 2 heterocycles. The van der Waals surface area contributed by atoms with Crippen molar-refractivity contribution in [2.24, 2.45) is 10.8 Å². The summed E-state index contributed by atoms with van der Waals surface area (Å²) in [7, 11) is 0. The second-order valence-electron chi connectivity index (χ2n) is 13.9. The first-order valence-corrected chi connectivity index (χ1v) is 18.7. The number of benzene rings is 3. The first kappa shape index (κ1) is 39.3. The van der Waals surface area contributed by atoms with Gasteiger partial charge in [-0.2, -0.15) is 0 Å². The number of ether oxygens (including phenoxy) is 8. The maximum Gasteiger partial charge on any atom is 0.343 e. The summed E-state index contributed by atoms with van der Waals surface area (Å²) in [5, 5.41) is 0. The molecule has 2 saturated heterocycles. The van der Waals surface area contributed by atoms with Crippen molar-refractivity contribution in [2.75, 3.05) is 66.1 Å². The van der Waals surface area contributed by atoms with Crippen molar-refractivity contribution < 1.29 is 47.5 Å². The van der Waals surface area contributed by atoms with E-state index >= 15 is 0 Å². The van der Waals surface area contributed by atoms with Crippen LogP contribution in [0.1, 0.15) is 85.9 Å². The summed E-state index contributed by atoms with van der Waals surface area (Å²) in [6, 6.07) is 20.1. The lowest BCUT2D eigenvalue weighted by molar-refractivity contribution is -0.150. The van der Waals surface area contributed by atoms with Crippen LogP contribution in [0, 0.1) is 10.8 Å². The van der Waals surface area contributed by atoms with Crippen molar-refractivity contribution in [1.29, 1.82) is 0 Å². The Kier molecular flexibility index (Phi) is 15.3. The Balaban J connectivity index is 0.918. The van der Waals surface area contributed by atoms with Crippen LogP contribution in [0.2, 0.25) is 0 Å². The van der Waals surface area contributed by atoms with E-state index in [0.717, 1.165) is 104 Å². The standard InChI is InChI=1S/C42H54O10/c1-3-41(29-47-30-41)27-45-23-7-5-9-25-49-35-15-11-33(12-16-35)39(43)51-37-19-21-38(22-20-37)52-40(44)34-13-17-36(18-14-34)50-26-10-6-8-24-46-28-42(4-2)31-48-32-42/h11-22H,3-10,23-32H2,1-2H3. The first-order valence-electron chi connectivity index (χ1n) is 18.7. The minimum Gasteiger partial charge on any atom is -0.494 e. The van der Waals surface area contributed by atoms with Gasteiger partial charge in [-0.1, -0.05) is 13.8 Å². The lowest BCUT2D eigenvalue weighted by atomic mass is 9.84. The monoisotopic (exact) mass is 718 g/mol. The lowest BCUT2D eigenvalue weighted by Gasteiger charge is -2.40. The van der Waals surface area contributed by atoms with Crippen molar-refractivity contribution in [3.8, 4) is 23.0 Å². The van der Waals surface area contributed by atoms with Crippen LogP contribution in [0.5, 0.6) is 23.0 Å². The molecule has 0 aromatic heterocycles. The number of hydrogen-bond donors (Lipinski definition) is 0. The molecule has 3 aromatic carbocycles. The number of unbranched alkanes of at least 4 members (excludes halogenated alkanes) is 4. The van der Waals surface area contributed by atoms with E-state index in [1.54, 1.807) is 72.8 Å². The summed E-state index contributed by atoms with van der Waals surface area (Å²) in [5.74, 6) is 1.08. The predicted octanol–water partition coefficient (Wildman–Crippen LogP) is 8.11. The smallest absolute Gasteiger partial charge is 0.343 e. The van der Waals surface area contributed by atoms with Crippen LogP contribution in [0.25, 0.3) is 0 Å². The van der Waals surface area contributed by atoms with E-state index < -0.39 is 11.9 Å². The Morgan fingerprint density at radius 2 is 0.846 bits per heavy atom. The average molecular weight is 719 g/mol. The molecule has 0 amide bonds. The molecule has 3 aromatic rings. The summed E-state index contributed by atoms with van der Waals surface area (Å²) in [5.41, 5.74) is 1.27. The van der Waals surface area contributed by atoms with Crippen LogP contribution in [-0.2, 0) is 18.9 Å². The third-order valence-corrected chi connectivity index (χ3v) is 9.78. The van der Waals surface area contributed by atoms with Crippen LogP contribution in [0.3, 0.4) is 0 Å². The zero-order valence-corrected chi connectivity index (χ0v) is 30.7. The second-order valence-corrected chi connectivity index (χ2v) is 13.9. The average Bonchev–Trinajstić information content (AvgIpc) is 3.13. The Labute approximate surface area is 308 Å². The number of esters is 2. The van der Waals surface area contributed by atoms with E-state index in [1.165, 1.54) is 0 Å². The van der Waals surface area contributed by atoms with E-state index in [0.29, 0.717) is 47.3 Å². The van der Waals surface area contributed by atoms with Gasteiger partial charge in [-0.25, -0.2) is 9.59 Å². The van der Waals surface area contributed by atoms with Crippen molar-refractivity contribution in [3.63, 3.8) is 0 Å². The molecule has 52 heavy (non-hydrogen) atoms. The van der Waals surface area contributed by atoms with Crippen molar-refractivity contribution in [2.45, 2.75) is 65.2 Å². The van der Waals surface area contributed by atoms with Gasteiger partial charge >= 0.3 is 11.9 Å². The highest BCUT2D eigenvalue weighted by molar-refractivity contribution is 5.92. The minimum absolute atomic E-state index is 0.232. The molecule has 0 aliphatic carbocycles. The molecule has 10 heteroatoms. The van der Waals surface area contributed by atoms with Gasteiger partial charge < -0.3 is 37.9 Å². The van der Waals surface area contributed by atoms with E-state index in [2.05, 4.69) is 13.8 Å². The fourth-order valence-corrected chi connectivity index (χ4v) is 5.77. The van der Waals surface area contributed by atoms with E-state index in [1.807, 2.05) is 0 Å². The normalized spacial score (nSPS) is 15.6. The topological polar surface area (TPSA) is 108 Å². The molecule has 0 spiro atoms. The molecule has 0 radical (unpaired) electrons. The third-order valence-electron chi connectivity index (χ3n) is 9.78. The van der Waals surface area contributed by atoms with Crippen molar-refractivity contribution >= 4 is 11.9 Å². The Hall–Kier alpha value is -3.96. The summed E-state index contributed by atoms with van der Waals surface area (Å²) < 4.78 is 45.1. The molecule has 0 N–H and O–H groups in total. The number of rotatable bonds is 24. The maximum atomic E-state index is 12.7. The van der Waals surface area contributed by atoms with Crippen LogP contribution in [0.4, 0.5) is 0 Å². The Morgan fingerprint density at radius 1 is 0.500 bits per heavy atom. The van der Waals surface area contributed by atoms with Crippen LogP contribution >= 0.6 is 0 Å². The summed E-state index contributed by atoms with van der Waals surface area (Å²) in [4.78, 5) is 25.4. The fraction of sp³-hybridized carbons (Fsp3) is 0.524. The van der Waals surface area contributed by atoms with Gasteiger partial charge in [0.2, 0.25) is 0 Å². The SMILES string of the molecule is CCC1(COCCCCCOc2ccc(C(=O)Oc3ccc(OC(=O)c4ccc(OCCCCCOCC5(CC)COC5)cc4)cc3)cc2)COC1. The lowest BCUT2D eigenvalue weighted by Crippen LogP contribution is -2.45. The van der Waals surface area contributed by atoms with Crippen LogP contribution < -0.4 is 18.9 Å². The zero-order valence-electron chi connectivity index (χ0n) is 30.7. The van der Waals surface area contributed by atoms with Gasteiger partial charge in [0, 0.05) is 24.0 Å². The van der Waals surface area contributed by atoms with Crippen molar-refractivity contribution in [3.05, 3.63) is 83.9 Å². The van der Waals surface area contributed by atoms with Crippen molar-refractivity contribution in [1.82, 2.24) is 0 Å². The van der Waals surface area contributed by atoms with Gasteiger partial charge in [-0.05, 0) is 124 Å². The van der Waals surface area contributed by atoms with Crippen LogP contribution in [0.15, 0.2) is 72.8 Å². The van der Waals surface area contributed by atoms with Gasteiger partial charge in [-0.3, -0.25) is 0 Å². The molecule has 2 fully saturated rings. The molecule has 0 atom stereocenters. The summed E-state index contributed by atoms with van der Waals surface area (Å²) >= 11 is 0. The van der Waals surface area contributed by atoms with Gasteiger partial charge in [-0.15, -0.1) is 0 Å². The van der Waals surface area contributed by atoms with E-state index in [9.17, 15) is 9.59 Å². The molecule has 0 saturated carbocycles. The number of hydrogen-bond acceptors (Lipinski definition) is 10. The summed E-state index contributed by atoms with van der Waals surface area (Å²) in [6.07, 6.45) is 8.07. The molecular weight excluding hydrogens is 664 g/mol. The second kappa shape index (κ2) is 20.3. The van der Waals surface area contributed by atoms with Gasteiger partial charge in [0.25, 0.3) is 0 Å². The summed E-state index contributed by atoms with van der Waals surface area (Å²) in [6.45, 7) is 11.9. The quantitative estimate of drug-likeness (QED) is 0.0512.